The molecule has 94 valence electrons. The highest BCUT2D eigenvalue weighted by Gasteiger charge is 2.54. The Balaban J connectivity index is 1.74. The van der Waals surface area contributed by atoms with Crippen molar-refractivity contribution < 1.29 is 0 Å². The topological polar surface area (TPSA) is 12.0 Å². The van der Waals surface area contributed by atoms with Gasteiger partial charge in [0.25, 0.3) is 0 Å². The van der Waals surface area contributed by atoms with E-state index in [4.69, 9.17) is 0 Å². The number of nitrogens with one attached hydrogen (secondary N) is 1. The molecule has 2 aliphatic carbocycles. The summed E-state index contributed by atoms with van der Waals surface area (Å²) in [4.78, 5) is 0. The maximum Gasteiger partial charge on any atom is 0.00966 e. The Kier molecular flexibility index (Phi) is 3.36. The molecule has 2 saturated carbocycles. The Morgan fingerprint density at radius 1 is 1.19 bits per heavy atom. The highest BCUT2D eigenvalue weighted by Crippen LogP contribution is 2.62. The standard InChI is InChI=1S/C15H29N/c1-5-12-6-8-15(9-7-12)10-13(15)11-16-14(2,3)4/h12-13,16H,5-11H2,1-4H3. The van der Waals surface area contributed by atoms with Crippen LogP contribution in [0.5, 0.6) is 0 Å². The quantitative estimate of drug-likeness (QED) is 0.763. The van der Waals surface area contributed by atoms with Gasteiger partial charge in [-0.25, -0.2) is 0 Å². The van der Waals surface area contributed by atoms with Crippen LogP contribution in [-0.4, -0.2) is 12.1 Å². The maximum atomic E-state index is 3.68. The van der Waals surface area contributed by atoms with Crippen LogP contribution in [0.4, 0.5) is 0 Å². The van der Waals surface area contributed by atoms with Gasteiger partial charge in [0.05, 0.1) is 0 Å². The van der Waals surface area contributed by atoms with Crippen molar-refractivity contribution in [1.82, 2.24) is 5.32 Å². The lowest BCUT2D eigenvalue weighted by Crippen LogP contribution is -2.38. The average molecular weight is 223 g/mol. The van der Waals surface area contributed by atoms with E-state index in [1.54, 1.807) is 0 Å². The van der Waals surface area contributed by atoms with Gasteiger partial charge in [-0.3, -0.25) is 0 Å². The summed E-state index contributed by atoms with van der Waals surface area (Å²) in [5.41, 5.74) is 1.08. The average Bonchev–Trinajstić information content (AvgIpc) is 2.89. The summed E-state index contributed by atoms with van der Waals surface area (Å²) < 4.78 is 0. The highest BCUT2D eigenvalue weighted by atomic mass is 15.0. The third-order valence-corrected chi connectivity index (χ3v) is 4.92. The van der Waals surface area contributed by atoms with Crippen molar-refractivity contribution in [3.8, 4) is 0 Å². The van der Waals surface area contributed by atoms with Crippen molar-refractivity contribution in [3.63, 3.8) is 0 Å². The van der Waals surface area contributed by atoms with E-state index in [1.807, 2.05) is 0 Å². The zero-order valence-corrected chi connectivity index (χ0v) is 11.6. The van der Waals surface area contributed by atoms with Gasteiger partial charge in [0.2, 0.25) is 0 Å². The van der Waals surface area contributed by atoms with Gasteiger partial charge in [-0.1, -0.05) is 13.3 Å². The van der Waals surface area contributed by atoms with E-state index in [9.17, 15) is 0 Å². The van der Waals surface area contributed by atoms with Crippen LogP contribution in [0.3, 0.4) is 0 Å². The minimum atomic E-state index is 0.296. The predicted octanol–water partition coefficient (Wildman–Crippen LogP) is 3.98. The molecule has 0 heterocycles. The lowest BCUT2D eigenvalue weighted by molar-refractivity contribution is 0.229. The van der Waals surface area contributed by atoms with E-state index in [-0.39, 0.29) is 0 Å². The monoisotopic (exact) mass is 223 g/mol. The molecule has 1 atom stereocenters. The first-order valence-corrected chi connectivity index (χ1v) is 7.20. The molecule has 0 amide bonds. The summed E-state index contributed by atoms with van der Waals surface area (Å²) in [7, 11) is 0. The van der Waals surface area contributed by atoms with E-state index < -0.39 is 0 Å². The van der Waals surface area contributed by atoms with Gasteiger partial charge >= 0.3 is 0 Å². The van der Waals surface area contributed by atoms with Crippen molar-refractivity contribution in [1.29, 1.82) is 0 Å². The third kappa shape index (κ3) is 2.80. The zero-order valence-electron chi connectivity index (χ0n) is 11.6. The molecule has 1 nitrogen and oxygen atoms in total. The second kappa shape index (κ2) is 4.33. The molecule has 2 aliphatic rings. The minimum Gasteiger partial charge on any atom is -0.312 e. The van der Waals surface area contributed by atoms with Gasteiger partial charge in [-0.05, 0) is 76.7 Å². The molecular formula is C15H29N. The van der Waals surface area contributed by atoms with Crippen LogP contribution in [-0.2, 0) is 0 Å². The first kappa shape index (κ1) is 12.4. The normalized spacial score (nSPS) is 39.0. The highest BCUT2D eigenvalue weighted by molar-refractivity contribution is 5.05. The molecule has 0 bridgehead atoms. The molecule has 1 unspecified atom stereocenters. The van der Waals surface area contributed by atoms with E-state index in [2.05, 4.69) is 33.0 Å². The predicted molar refractivity (Wildman–Crippen MR) is 70.5 cm³/mol. The van der Waals surface area contributed by atoms with Gasteiger partial charge in [0.1, 0.15) is 0 Å². The van der Waals surface area contributed by atoms with Crippen molar-refractivity contribution in [2.24, 2.45) is 17.3 Å². The van der Waals surface area contributed by atoms with Gasteiger partial charge in [0.15, 0.2) is 0 Å². The Morgan fingerprint density at radius 2 is 1.81 bits per heavy atom. The SMILES string of the molecule is CCC1CCC2(CC1)CC2CNC(C)(C)C. The first-order valence-electron chi connectivity index (χ1n) is 7.20. The fourth-order valence-corrected chi connectivity index (χ4v) is 3.42. The second-order valence-corrected chi connectivity index (χ2v) is 7.25. The molecule has 1 spiro atoms. The van der Waals surface area contributed by atoms with Crippen molar-refractivity contribution in [2.45, 2.75) is 71.8 Å². The van der Waals surface area contributed by atoms with Gasteiger partial charge < -0.3 is 5.32 Å². The largest absolute Gasteiger partial charge is 0.312 e. The van der Waals surface area contributed by atoms with Crippen LogP contribution in [0.1, 0.15) is 66.2 Å². The Morgan fingerprint density at radius 3 is 2.31 bits per heavy atom. The summed E-state index contributed by atoms with van der Waals surface area (Å²) >= 11 is 0. The molecule has 0 radical (unpaired) electrons. The Bertz CT molecular complexity index is 230. The molecule has 1 heteroatoms. The van der Waals surface area contributed by atoms with E-state index in [1.165, 1.54) is 45.1 Å². The summed E-state index contributed by atoms with van der Waals surface area (Å²) in [5, 5.41) is 3.68. The van der Waals surface area contributed by atoms with Crippen LogP contribution >= 0.6 is 0 Å². The molecule has 0 aliphatic heterocycles. The van der Waals surface area contributed by atoms with Crippen LogP contribution in [0, 0.1) is 17.3 Å². The maximum absolute atomic E-state index is 3.68. The molecule has 1 N–H and O–H groups in total. The lowest BCUT2D eigenvalue weighted by Gasteiger charge is -2.29. The lowest BCUT2D eigenvalue weighted by atomic mass is 9.77. The molecule has 2 fully saturated rings. The van der Waals surface area contributed by atoms with Crippen LogP contribution in [0.25, 0.3) is 0 Å². The van der Waals surface area contributed by atoms with Crippen molar-refractivity contribution in [3.05, 3.63) is 0 Å². The number of hydrogen-bond acceptors (Lipinski definition) is 1. The fraction of sp³-hybridized carbons (Fsp3) is 1.00. The van der Waals surface area contributed by atoms with Crippen molar-refractivity contribution in [2.75, 3.05) is 6.54 Å². The molecular weight excluding hydrogens is 194 g/mol. The third-order valence-electron chi connectivity index (χ3n) is 4.92. The first-order chi connectivity index (χ1) is 7.45. The van der Waals surface area contributed by atoms with E-state index >= 15 is 0 Å². The van der Waals surface area contributed by atoms with Gasteiger partial charge in [0, 0.05) is 5.54 Å². The Hall–Kier alpha value is -0.0400. The summed E-state index contributed by atoms with van der Waals surface area (Å²) in [6.07, 6.45) is 8.95. The zero-order chi connectivity index (χ0) is 11.8. The van der Waals surface area contributed by atoms with Crippen LogP contribution < -0.4 is 5.32 Å². The number of hydrogen-bond donors (Lipinski definition) is 1. The molecule has 0 saturated heterocycles. The molecule has 0 aromatic carbocycles. The summed E-state index contributed by atoms with van der Waals surface area (Å²) in [5.74, 6) is 2.03. The second-order valence-electron chi connectivity index (χ2n) is 7.25. The van der Waals surface area contributed by atoms with E-state index in [0.717, 1.165) is 17.3 Å². The van der Waals surface area contributed by atoms with Gasteiger partial charge in [-0.15, -0.1) is 0 Å². The number of rotatable bonds is 3. The van der Waals surface area contributed by atoms with Crippen LogP contribution in [0.15, 0.2) is 0 Å². The van der Waals surface area contributed by atoms with E-state index in [0.29, 0.717) is 5.54 Å². The van der Waals surface area contributed by atoms with Crippen LogP contribution in [0.2, 0.25) is 0 Å². The Labute approximate surface area is 101 Å². The molecule has 2 rings (SSSR count). The molecule has 0 aromatic heterocycles. The van der Waals surface area contributed by atoms with Gasteiger partial charge in [-0.2, -0.15) is 0 Å². The minimum absolute atomic E-state index is 0.296. The molecule has 0 aromatic rings. The summed E-state index contributed by atoms with van der Waals surface area (Å²) in [6, 6.07) is 0. The van der Waals surface area contributed by atoms with Crippen molar-refractivity contribution >= 4 is 0 Å². The fourth-order valence-electron chi connectivity index (χ4n) is 3.42. The smallest absolute Gasteiger partial charge is 0.00966 e. The summed E-state index contributed by atoms with van der Waals surface area (Å²) in [6.45, 7) is 10.4. The molecule has 16 heavy (non-hydrogen) atoms.